The molecule has 1 heterocycles. The Morgan fingerprint density at radius 1 is 1.52 bits per heavy atom. The molecule has 1 fully saturated rings. The first-order chi connectivity index (χ1) is 10.0. The second-order valence-electron chi connectivity index (χ2n) is 3.95. The van der Waals surface area contributed by atoms with Crippen LogP contribution in [0.25, 0.3) is 6.08 Å². The number of amidine groups is 1. The fraction of sp³-hybridized carbons (Fsp3) is 0.154. The summed E-state index contributed by atoms with van der Waals surface area (Å²) in [7, 11) is 1.44. The summed E-state index contributed by atoms with van der Waals surface area (Å²) in [4.78, 5) is 22.6. The van der Waals surface area contributed by atoms with E-state index in [0.29, 0.717) is 16.2 Å². The lowest BCUT2D eigenvalue weighted by Gasteiger charge is -2.12. The van der Waals surface area contributed by atoms with Crippen LogP contribution in [0.2, 0.25) is 0 Å². The Bertz CT molecular complexity index is 641. The third-order valence-corrected chi connectivity index (χ3v) is 3.35. The summed E-state index contributed by atoms with van der Waals surface area (Å²) in [6.07, 6.45) is 1.53. The maximum absolute atomic E-state index is 11.6. The molecule has 0 bridgehead atoms. The van der Waals surface area contributed by atoms with Gasteiger partial charge in [0.2, 0.25) is 0 Å². The molecule has 2 rings (SSSR count). The van der Waals surface area contributed by atoms with Gasteiger partial charge in [-0.25, -0.2) is 4.79 Å². The van der Waals surface area contributed by atoms with E-state index >= 15 is 0 Å². The highest BCUT2D eigenvalue weighted by Crippen LogP contribution is 2.35. The zero-order valence-electron chi connectivity index (χ0n) is 11.0. The van der Waals surface area contributed by atoms with Crippen molar-refractivity contribution in [3.8, 4) is 11.5 Å². The number of para-hydroxylation sites is 1. The molecule has 1 aromatic carbocycles. The number of ether oxygens (including phenoxy) is 2. The fourth-order valence-electron chi connectivity index (χ4n) is 1.68. The molecule has 0 aliphatic carbocycles. The van der Waals surface area contributed by atoms with Gasteiger partial charge in [-0.2, -0.15) is 0 Å². The van der Waals surface area contributed by atoms with E-state index in [2.05, 4.69) is 5.32 Å². The number of methoxy groups -OCH3 is 1. The minimum absolute atomic E-state index is 0.0437. The van der Waals surface area contributed by atoms with Gasteiger partial charge in [0.1, 0.15) is 0 Å². The van der Waals surface area contributed by atoms with E-state index in [-0.39, 0.29) is 16.8 Å². The van der Waals surface area contributed by atoms with Crippen LogP contribution in [0.1, 0.15) is 5.56 Å². The molecule has 1 saturated heterocycles. The van der Waals surface area contributed by atoms with E-state index in [0.717, 1.165) is 11.8 Å². The number of carboxylic acid groups (broad SMARTS) is 1. The van der Waals surface area contributed by atoms with E-state index in [1.165, 1.54) is 13.2 Å². The summed E-state index contributed by atoms with van der Waals surface area (Å²) in [5.41, 5.74) is 0.503. The van der Waals surface area contributed by atoms with Crippen molar-refractivity contribution in [2.75, 3.05) is 13.7 Å². The van der Waals surface area contributed by atoms with Crippen molar-refractivity contribution in [2.45, 2.75) is 0 Å². The van der Waals surface area contributed by atoms with Crippen LogP contribution in [-0.4, -0.2) is 35.9 Å². The smallest absolute Gasteiger partial charge is 0.341 e. The van der Waals surface area contributed by atoms with E-state index in [4.69, 9.17) is 20.0 Å². The Hall–Kier alpha value is -2.48. The molecule has 0 unspecified atom stereocenters. The van der Waals surface area contributed by atoms with Gasteiger partial charge in [0.25, 0.3) is 5.91 Å². The van der Waals surface area contributed by atoms with Crippen molar-refractivity contribution in [3.63, 3.8) is 0 Å². The van der Waals surface area contributed by atoms with Crippen LogP contribution in [0.5, 0.6) is 11.5 Å². The van der Waals surface area contributed by atoms with Crippen molar-refractivity contribution in [2.24, 2.45) is 0 Å². The Balaban J connectivity index is 2.38. The molecule has 1 aliphatic heterocycles. The number of hydrogen-bond acceptors (Lipinski definition) is 6. The highest BCUT2D eigenvalue weighted by molar-refractivity contribution is 8.18. The second kappa shape index (κ2) is 6.31. The third-order valence-electron chi connectivity index (χ3n) is 2.52. The lowest BCUT2D eigenvalue weighted by atomic mass is 10.1. The van der Waals surface area contributed by atoms with Gasteiger partial charge in [-0.05, 0) is 23.9 Å². The summed E-state index contributed by atoms with van der Waals surface area (Å²) >= 11 is 0.986. The molecular weight excluding hydrogens is 296 g/mol. The van der Waals surface area contributed by atoms with Crippen LogP contribution in [0.3, 0.4) is 0 Å². The number of rotatable bonds is 5. The molecule has 0 saturated carbocycles. The van der Waals surface area contributed by atoms with E-state index in [1.807, 2.05) is 0 Å². The van der Waals surface area contributed by atoms with Crippen LogP contribution in [0.4, 0.5) is 0 Å². The summed E-state index contributed by atoms with van der Waals surface area (Å²) < 4.78 is 10.4. The average Bonchev–Trinajstić information content (AvgIpc) is 2.75. The molecule has 0 spiro atoms. The average molecular weight is 308 g/mol. The molecule has 0 aromatic heterocycles. The monoisotopic (exact) mass is 308 g/mol. The maximum atomic E-state index is 11.6. The lowest BCUT2D eigenvalue weighted by Crippen LogP contribution is -2.18. The molecule has 0 radical (unpaired) electrons. The summed E-state index contributed by atoms with van der Waals surface area (Å²) in [6.45, 7) is -0.522. The SMILES string of the molecule is COc1cccc(C=C2SC(=N)NC2=O)c1OCC(=O)O. The van der Waals surface area contributed by atoms with Gasteiger partial charge >= 0.3 is 5.97 Å². The lowest BCUT2D eigenvalue weighted by molar-refractivity contribution is -0.139. The zero-order valence-corrected chi connectivity index (χ0v) is 11.8. The van der Waals surface area contributed by atoms with Crippen LogP contribution >= 0.6 is 11.8 Å². The molecular formula is C13H12N2O5S. The van der Waals surface area contributed by atoms with Gasteiger partial charge in [0.15, 0.2) is 23.3 Å². The van der Waals surface area contributed by atoms with Gasteiger partial charge in [0.05, 0.1) is 12.0 Å². The minimum atomic E-state index is -1.12. The van der Waals surface area contributed by atoms with Gasteiger partial charge in [-0.3, -0.25) is 10.2 Å². The molecule has 1 amide bonds. The number of carbonyl (C=O) groups is 2. The normalized spacial score (nSPS) is 16.0. The van der Waals surface area contributed by atoms with Gasteiger partial charge in [-0.1, -0.05) is 12.1 Å². The number of benzene rings is 1. The van der Waals surface area contributed by atoms with Crippen molar-refractivity contribution < 1.29 is 24.2 Å². The second-order valence-corrected chi connectivity index (χ2v) is 5.01. The minimum Gasteiger partial charge on any atom is -0.493 e. The van der Waals surface area contributed by atoms with Crippen LogP contribution in [0, 0.1) is 5.41 Å². The summed E-state index contributed by atoms with van der Waals surface area (Å²) in [5.74, 6) is -0.892. The Morgan fingerprint density at radius 3 is 2.86 bits per heavy atom. The standard InChI is InChI=1S/C13H12N2O5S/c1-19-8-4-2-3-7(11(8)20-6-10(16)17)5-9-12(18)15-13(14)21-9/h2-5H,6H2,1H3,(H,16,17)(H2,14,15,18). The topological polar surface area (TPSA) is 109 Å². The van der Waals surface area contributed by atoms with Crippen molar-refractivity contribution in [1.82, 2.24) is 5.32 Å². The van der Waals surface area contributed by atoms with Gasteiger partial charge < -0.3 is 19.9 Å². The fourth-order valence-corrected chi connectivity index (χ4v) is 2.37. The van der Waals surface area contributed by atoms with Crippen LogP contribution < -0.4 is 14.8 Å². The molecule has 3 N–H and O–H groups in total. The van der Waals surface area contributed by atoms with E-state index < -0.39 is 12.6 Å². The molecule has 21 heavy (non-hydrogen) atoms. The number of aliphatic carboxylic acids is 1. The van der Waals surface area contributed by atoms with Crippen LogP contribution in [0.15, 0.2) is 23.1 Å². The Morgan fingerprint density at radius 2 is 2.29 bits per heavy atom. The number of carboxylic acids is 1. The third kappa shape index (κ3) is 3.54. The highest BCUT2D eigenvalue weighted by Gasteiger charge is 2.23. The van der Waals surface area contributed by atoms with Crippen molar-refractivity contribution >= 4 is 34.9 Å². The number of amides is 1. The number of thioether (sulfide) groups is 1. The Labute approximate surface area is 124 Å². The first-order valence-corrected chi connectivity index (χ1v) is 6.64. The molecule has 7 nitrogen and oxygen atoms in total. The van der Waals surface area contributed by atoms with E-state index in [9.17, 15) is 9.59 Å². The summed E-state index contributed by atoms with van der Waals surface area (Å²) in [5, 5.41) is 18.5. The number of carbonyl (C=O) groups excluding carboxylic acids is 1. The van der Waals surface area contributed by atoms with Crippen molar-refractivity contribution in [3.05, 3.63) is 28.7 Å². The number of nitrogens with one attached hydrogen (secondary N) is 2. The number of hydrogen-bond donors (Lipinski definition) is 3. The molecule has 1 aromatic rings. The predicted molar refractivity (Wildman–Crippen MR) is 77.6 cm³/mol. The first-order valence-electron chi connectivity index (χ1n) is 5.82. The van der Waals surface area contributed by atoms with Crippen molar-refractivity contribution in [1.29, 1.82) is 5.41 Å². The van der Waals surface area contributed by atoms with Crippen LogP contribution in [-0.2, 0) is 9.59 Å². The molecule has 0 atom stereocenters. The molecule has 8 heteroatoms. The van der Waals surface area contributed by atoms with Gasteiger partial charge in [-0.15, -0.1) is 0 Å². The first kappa shape index (κ1) is 14.9. The largest absolute Gasteiger partial charge is 0.493 e. The predicted octanol–water partition coefficient (Wildman–Crippen LogP) is 1.30. The summed E-state index contributed by atoms with van der Waals surface area (Å²) in [6, 6.07) is 4.99. The van der Waals surface area contributed by atoms with E-state index in [1.54, 1.807) is 18.2 Å². The Kier molecular flexibility index (Phi) is 4.49. The quantitative estimate of drug-likeness (QED) is 0.707. The molecule has 1 aliphatic rings. The maximum Gasteiger partial charge on any atom is 0.341 e. The van der Waals surface area contributed by atoms with Gasteiger partial charge in [0, 0.05) is 5.56 Å². The molecule has 110 valence electrons. The highest BCUT2D eigenvalue weighted by atomic mass is 32.2. The zero-order chi connectivity index (χ0) is 15.4.